The van der Waals surface area contributed by atoms with Crippen LogP contribution in [0.3, 0.4) is 0 Å². The highest BCUT2D eigenvalue weighted by Gasteiger charge is 2.16. The number of rotatable bonds is 6. The highest BCUT2D eigenvalue weighted by molar-refractivity contribution is 6.05. The number of nitrogens with two attached hydrogens (primary N) is 1. The van der Waals surface area contributed by atoms with Gasteiger partial charge in [0.05, 0.1) is 11.8 Å². The molecule has 0 radical (unpaired) electrons. The molecule has 1 aliphatic rings. The van der Waals surface area contributed by atoms with Gasteiger partial charge in [0, 0.05) is 18.7 Å². The molecule has 2 aromatic carbocycles. The van der Waals surface area contributed by atoms with Gasteiger partial charge in [-0.15, -0.1) is 0 Å². The van der Waals surface area contributed by atoms with E-state index in [1.165, 1.54) is 6.42 Å². The molecule has 1 amide bonds. The molecule has 0 spiro atoms. The average Bonchev–Trinajstić information content (AvgIpc) is 2.68. The number of nitrogens with one attached hydrogen (secondary N) is 1. The van der Waals surface area contributed by atoms with Gasteiger partial charge >= 0.3 is 0 Å². The van der Waals surface area contributed by atoms with Gasteiger partial charge in [0.2, 0.25) is 0 Å². The second-order valence-electron chi connectivity index (χ2n) is 6.15. The number of benzene rings is 2. The zero-order valence-electron chi connectivity index (χ0n) is 14.2. The molecule has 0 saturated carbocycles. The van der Waals surface area contributed by atoms with E-state index >= 15 is 0 Å². The fourth-order valence-electron chi connectivity index (χ4n) is 2.80. The smallest absolute Gasteiger partial charge is 0.255 e. The van der Waals surface area contributed by atoms with Crippen molar-refractivity contribution in [3.8, 4) is 5.75 Å². The third-order valence-corrected chi connectivity index (χ3v) is 4.29. The van der Waals surface area contributed by atoms with E-state index in [0.29, 0.717) is 30.2 Å². The van der Waals surface area contributed by atoms with Crippen LogP contribution in [0.5, 0.6) is 5.75 Å². The molecule has 1 unspecified atom stereocenters. The van der Waals surface area contributed by atoms with Crippen LogP contribution in [0.25, 0.3) is 0 Å². The topological polar surface area (TPSA) is 73.6 Å². The van der Waals surface area contributed by atoms with Gasteiger partial charge < -0.3 is 20.5 Å². The maximum atomic E-state index is 12.4. The van der Waals surface area contributed by atoms with Gasteiger partial charge in [-0.3, -0.25) is 4.79 Å². The minimum atomic E-state index is -0.173. The van der Waals surface area contributed by atoms with Crippen LogP contribution in [-0.4, -0.2) is 25.2 Å². The Balaban J connectivity index is 1.64. The van der Waals surface area contributed by atoms with Crippen LogP contribution in [-0.2, 0) is 11.3 Å². The largest absolute Gasteiger partial charge is 0.489 e. The minimum absolute atomic E-state index is 0.126. The Bertz CT molecular complexity index is 694. The Kier molecular flexibility index (Phi) is 6.04. The highest BCUT2D eigenvalue weighted by Crippen LogP contribution is 2.25. The van der Waals surface area contributed by atoms with Gasteiger partial charge in [0.1, 0.15) is 12.4 Å². The first-order valence-electron chi connectivity index (χ1n) is 8.70. The lowest BCUT2D eigenvalue weighted by molar-refractivity contribution is -0.0109. The van der Waals surface area contributed by atoms with Gasteiger partial charge in [-0.1, -0.05) is 24.3 Å². The molecule has 2 aromatic rings. The standard InChI is InChI=1S/C20H24N2O3/c21-13-15-8-10-16(11-9-15)20(23)22-18-6-1-2-7-19(18)25-14-17-5-3-4-12-24-17/h1-2,6-11,17H,3-5,12-14,21H2,(H,22,23). The Morgan fingerprint density at radius 3 is 2.68 bits per heavy atom. The first-order valence-corrected chi connectivity index (χ1v) is 8.70. The van der Waals surface area contributed by atoms with E-state index < -0.39 is 0 Å². The molecular formula is C20H24N2O3. The van der Waals surface area contributed by atoms with Crippen molar-refractivity contribution in [3.05, 3.63) is 59.7 Å². The first-order chi connectivity index (χ1) is 12.3. The average molecular weight is 340 g/mol. The van der Waals surface area contributed by atoms with Gasteiger partial charge in [0.25, 0.3) is 5.91 Å². The first kappa shape index (κ1) is 17.5. The summed E-state index contributed by atoms with van der Waals surface area (Å²) in [4.78, 5) is 12.4. The molecule has 25 heavy (non-hydrogen) atoms. The molecule has 132 valence electrons. The highest BCUT2D eigenvalue weighted by atomic mass is 16.5. The SMILES string of the molecule is NCc1ccc(C(=O)Nc2ccccc2OCC2CCCCO2)cc1. The summed E-state index contributed by atoms with van der Waals surface area (Å²) in [7, 11) is 0. The zero-order chi connectivity index (χ0) is 17.5. The molecule has 0 aliphatic carbocycles. The number of hydrogen-bond donors (Lipinski definition) is 2. The predicted octanol–water partition coefficient (Wildman–Crippen LogP) is 3.35. The normalized spacial score (nSPS) is 17.1. The zero-order valence-corrected chi connectivity index (χ0v) is 14.2. The second-order valence-corrected chi connectivity index (χ2v) is 6.15. The number of para-hydroxylation sites is 2. The third-order valence-electron chi connectivity index (χ3n) is 4.29. The summed E-state index contributed by atoms with van der Waals surface area (Å²) >= 11 is 0. The summed E-state index contributed by atoms with van der Waals surface area (Å²) in [5, 5.41) is 2.92. The van der Waals surface area contributed by atoms with Crippen molar-refractivity contribution in [2.75, 3.05) is 18.5 Å². The molecule has 1 heterocycles. The van der Waals surface area contributed by atoms with Crippen molar-refractivity contribution in [2.24, 2.45) is 5.73 Å². The van der Waals surface area contributed by atoms with Crippen molar-refractivity contribution >= 4 is 11.6 Å². The van der Waals surface area contributed by atoms with E-state index in [1.54, 1.807) is 12.1 Å². The van der Waals surface area contributed by atoms with Crippen LogP contribution in [0.1, 0.15) is 35.2 Å². The van der Waals surface area contributed by atoms with Gasteiger partial charge in [-0.05, 0) is 49.1 Å². The van der Waals surface area contributed by atoms with Gasteiger partial charge in [-0.2, -0.15) is 0 Å². The lowest BCUT2D eigenvalue weighted by Crippen LogP contribution is -2.26. The Hall–Kier alpha value is -2.37. The van der Waals surface area contributed by atoms with Crippen LogP contribution in [0, 0.1) is 0 Å². The molecule has 3 N–H and O–H groups in total. The number of hydrogen-bond acceptors (Lipinski definition) is 4. The molecule has 1 atom stereocenters. The van der Waals surface area contributed by atoms with Crippen molar-refractivity contribution < 1.29 is 14.3 Å². The van der Waals surface area contributed by atoms with Crippen molar-refractivity contribution in [1.29, 1.82) is 0 Å². The number of carbonyl (C=O) groups is 1. The van der Waals surface area contributed by atoms with E-state index in [1.807, 2.05) is 36.4 Å². The number of anilines is 1. The Labute approximate surface area is 148 Å². The van der Waals surface area contributed by atoms with Crippen LogP contribution >= 0.6 is 0 Å². The Morgan fingerprint density at radius 2 is 1.96 bits per heavy atom. The predicted molar refractivity (Wildman–Crippen MR) is 97.8 cm³/mol. The van der Waals surface area contributed by atoms with E-state index in [2.05, 4.69) is 5.32 Å². The van der Waals surface area contributed by atoms with Crippen molar-refractivity contribution in [1.82, 2.24) is 0 Å². The van der Waals surface area contributed by atoms with Gasteiger partial charge in [-0.25, -0.2) is 0 Å². The lowest BCUT2D eigenvalue weighted by atomic mass is 10.1. The second kappa shape index (κ2) is 8.65. The summed E-state index contributed by atoms with van der Waals surface area (Å²) in [6.45, 7) is 1.76. The summed E-state index contributed by atoms with van der Waals surface area (Å²) in [5.41, 5.74) is 7.82. The molecular weight excluding hydrogens is 316 g/mol. The fraction of sp³-hybridized carbons (Fsp3) is 0.350. The van der Waals surface area contributed by atoms with E-state index in [9.17, 15) is 4.79 Å². The molecule has 0 bridgehead atoms. The van der Waals surface area contributed by atoms with Crippen LogP contribution in [0.2, 0.25) is 0 Å². The molecule has 3 rings (SSSR count). The lowest BCUT2D eigenvalue weighted by Gasteiger charge is -2.23. The summed E-state index contributed by atoms with van der Waals surface area (Å²) < 4.78 is 11.6. The van der Waals surface area contributed by atoms with Crippen LogP contribution < -0.4 is 15.8 Å². The summed E-state index contributed by atoms with van der Waals surface area (Å²) in [5.74, 6) is 0.483. The monoisotopic (exact) mass is 340 g/mol. The molecule has 1 aliphatic heterocycles. The van der Waals surface area contributed by atoms with Crippen molar-refractivity contribution in [2.45, 2.75) is 31.9 Å². The molecule has 1 saturated heterocycles. The Morgan fingerprint density at radius 1 is 1.16 bits per heavy atom. The van der Waals surface area contributed by atoms with Crippen LogP contribution in [0.4, 0.5) is 5.69 Å². The van der Waals surface area contributed by atoms with E-state index in [-0.39, 0.29) is 12.0 Å². The van der Waals surface area contributed by atoms with E-state index in [4.69, 9.17) is 15.2 Å². The quantitative estimate of drug-likeness (QED) is 0.846. The number of carbonyl (C=O) groups excluding carboxylic acids is 1. The molecule has 5 heteroatoms. The minimum Gasteiger partial charge on any atom is -0.489 e. The maximum absolute atomic E-state index is 12.4. The summed E-state index contributed by atoms with van der Waals surface area (Å²) in [6, 6.07) is 14.7. The van der Waals surface area contributed by atoms with Crippen molar-refractivity contribution in [3.63, 3.8) is 0 Å². The fourth-order valence-corrected chi connectivity index (χ4v) is 2.80. The molecule has 0 aromatic heterocycles. The van der Waals surface area contributed by atoms with E-state index in [0.717, 1.165) is 25.0 Å². The number of ether oxygens (including phenoxy) is 2. The summed E-state index contributed by atoms with van der Waals surface area (Å²) in [6.07, 6.45) is 3.43. The molecule has 5 nitrogen and oxygen atoms in total. The maximum Gasteiger partial charge on any atom is 0.255 e. The third kappa shape index (κ3) is 4.81. The van der Waals surface area contributed by atoms with Crippen LogP contribution in [0.15, 0.2) is 48.5 Å². The molecule has 1 fully saturated rings. The van der Waals surface area contributed by atoms with Gasteiger partial charge in [0.15, 0.2) is 0 Å². The number of amides is 1.